The number of carbonyl (C=O) groups excluding carboxylic acids is 4. The minimum Gasteiger partial charge on any atom is -0.394 e. The third-order valence-electron chi connectivity index (χ3n) is 6.43. The molecule has 2 aliphatic rings. The van der Waals surface area contributed by atoms with Gasteiger partial charge in [-0.05, 0) is 18.9 Å². The number of likely N-dealkylation sites (tertiary alicyclic amines) is 1. The highest BCUT2D eigenvalue weighted by molar-refractivity contribution is 6.25. The maximum Gasteiger partial charge on any atom is 0.272 e. The number of amides is 2. The van der Waals surface area contributed by atoms with Crippen LogP contribution >= 0.6 is 0 Å². The zero-order valence-corrected chi connectivity index (χ0v) is 18.2. The standard InChI is InChI=1S/C24H23N5O5/c25-11-19(31)28-10-4-9-18(28)23(33)26-17(12-30)24(34)29-21-13-5-1-2-6-14(13)22(32)15-7-3-8-16(27-29)20(15)21/h1-3,5-8,17-18,30H,4,9-12,25H2,(H,26,33)/t17-,18?/m0/s1. The lowest BCUT2D eigenvalue weighted by Gasteiger charge is -2.25. The molecule has 2 amide bonds. The van der Waals surface area contributed by atoms with Gasteiger partial charge in [-0.15, -0.1) is 0 Å². The van der Waals surface area contributed by atoms with E-state index in [1.807, 2.05) is 0 Å². The van der Waals surface area contributed by atoms with Gasteiger partial charge in [-0.25, -0.2) is 0 Å². The molecular formula is C24H23N5O5. The Balaban J connectivity index is 1.52. The molecule has 0 spiro atoms. The fourth-order valence-electron chi connectivity index (χ4n) is 4.82. The van der Waals surface area contributed by atoms with E-state index in [0.29, 0.717) is 52.7 Å². The molecular weight excluding hydrogens is 438 g/mol. The highest BCUT2D eigenvalue weighted by atomic mass is 16.3. The second kappa shape index (κ2) is 8.47. The van der Waals surface area contributed by atoms with Gasteiger partial charge >= 0.3 is 0 Å². The first-order valence-corrected chi connectivity index (χ1v) is 11.1. The van der Waals surface area contributed by atoms with Crippen LogP contribution in [0.15, 0.2) is 42.5 Å². The lowest BCUT2D eigenvalue weighted by atomic mass is 9.87. The Kier molecular flexibility index (Phi) is 5.46. The fourth-order valence-corrected chi connectivity index (χ4v) is 4.82. The predicted molar refractivity (Wildman–Crippen MR) is 122 cm³/mol. The molecule has 2 aromatic carbocycles. The number of ketones is 1. The first-order chi connectivity index (χ1) is 16.5. The first kappa shape index (κ1) is 21.9. The average molecular weight is 461 g/mol. The Morgan fingerprint density at radius 2 is 1.85 bits per heavy atom. The van der Waals surface area contributed by atoms with Gasteiger partial charge in [-0.2, -0.15) is 9.78 Å². The van der Waals surface area contributed by atoms with Crippen LogP contribution in [0.3, 0.4) is 0 Å². The number of aromatic nitrogens is 2. The lowest BCUT2D eigenvalue weighted by Crippen LogP contribution is -2.53. The molecule has 0 bridgehead atoms. The van der Waals surface area contributed by atoms with Gasteiger partial charge in [0.1, 0.15) is 12.1 Å². The Hall–Kier alpha value is -3.89. The van der Waals surface area contributed by atoms with Gasteiger partial charge in [0.2, 0.25) is 11.8 Å². The number of fused-ring (bicyclic) bond motifs is 2. The van der Waals surface area contributed by atoms with Crippen molar-refractivity contribution >= 4 is 34.4 Å². The van der Waals surface area contributed by atoms with Crippen LogP contribution in [0.5, 0.6) is 0 Å². The molecule has 10 nitrogen and oxygen atoms in total. The molecule has 1 fully saturated rings. The van der Waals surface area contributed by atoms with E-state index in [0.717, 1.165) is 4.68 Å². The van der Waals surface area contributed by atoms with Gasteiger partial charge in [0.15, 0.2) is 5.78 Å². The molecule has 4 N–H and O–H groups in total. The first-order valence-electron chi connectivity index (χ1n) is 11.1. The molecule has 5 rings (SSSR count). The van der Waals surface area contributed by atoms with Gasteiger partial charge < -0.3 is 21.1 Å². The Morgan fingerprint density at radius 3 is 2.59 bits per heavy atom. The van der Waals surface area contributed by atoms with E-state index >= 15 is 0 Å². The fraction of sp³-hybridized carbons (Fsp3) is 0.292. The van der Waals surface area contributed by atoms with Crippen molar-refractivity contribution in [3.8, 4) is 11.3 Å². The van der Waals surface area contributed by atoms with Crippen LogP contribution in [0.2, 0.25) is 0 Å². The smallest absolute Gasteiger partial charge is 0.272 e. The van der Waals surface area contributed by atoms with Crippen LogP contribution in [0.25, 0.3) is 22.2 Å². The van der Waals surface area contributed by atoms with Crippen LogP contribution in [0, 0.1) is 0 Å². The Morgan fingerprint density at radius 1 is 1.12 bits per heavy atom. The average Bonchev–Trinajstić information content (AvgIpc) is 3.51. The maximum atomic E-state index is 13.5. The largest absolute Gasteiger partial charge is 0.394 e. The number of nitrogens with two attached hydrogens (primary N) is 1. The summed E-state index contributed by atoms with van der Waals surface area (Å²) in [6.45, 7) is -0.463. The second-order valence-electron chi connectivity index (χ2n) is 8.37. The molecule has 2 atom stereocenters. The number of nitrogens with zero attached hydrogens (tertiary/aromatic N) is 3. The number of nitrogens with one attached hydrogen (secondary N) is 1. The molecule has 10 heteroatoms. The Bertz CT molecular complexity index is 1350. The topological polar surface area (TPSA) is 148 Å². The summed E-state index contributed by atoms with van der Waals surface area (Å²) in [6.07, 6.45) is 1.09. The number of hydrogen-bond donors (Lipinski definition) is 3. The van der Waals surface area contributed by atoms with Crippen LogP contribution in [-0.4, -0.2) is 75.1 Å². The molecule has 34 heavy (non-hydrogen) atoms. The number of carbonyl (C=O) groups is 4. The van der Waals surface area contributed by atoms with Crippen molar-refractivity contribution in [3.63, 3.8) is 0 Å². The van der Waals surface area contributed by atoms with E-state index in [-0.39, 0.29) is 18.2 Å². The normalized spacial score (nSPS) is 17.5. The molecule has 0 saturated carbocycles. The molecule has 1 aliphatic heterocycles. The van der Waals surface area contributed by atoms with Crippen LogP contribution < -0.4 is 11.1 Å². The lowest BCUT2D eigenvalue weighted by molar-refractivity contribution is -0.137. The summed E-state index contributed by atoms with van der Waals surface area (Å²) in [6, 6.07) is 9.99. The highest BCUT2D eigenvalue weighted by Gasteiger charge is 2.37. The molecule has 3 aromatic rings. The third-order valence-corrected chi connectivity index (χ3v) is 6.43. The summed E-state index contributed by atoms with van der Waals surface area (Å²) in [4.78, 5) is 52.9. The number of aliphatic hydroxyl groups excluding tert-OH is 1. The number of hydrogen-bond acceptors (Lipinski definition) is 7. The van der Waals surface area contributed by atoms with E-state index in [1.165, 1.54) is 4.90 Å². The van der Waals surface area contributed by atoms with Gasteiger partial charge in [0.25, 0.3) is 5.91 Å². The minimum absolute atomic E-state index is 0.154. The molecule has 0 radical (unpaired) electrons. The summed E-state index contributed by atoms with van der Waals surface area (Å²) in [7, 11) is 0. The summed E-state index contributed by atoms with van der Waals surface area (Å²) >= 11 is 0. The zero-order valence-electron chi connectivity index (χ0n) is 18.2. The van der Waals surface area contributed by atoms with Crippen LogP contribution in [0.4, 0.5) is 0 Å². The zero-order chi connectivity index (χ0) is 24.0. The van der Waals surface area contributed by atoms with Crippen molar-refractivity contribution in [2.75, 3.05) is 19.7 Å². The number of benzene rings is 2. The van der Waals surface area contributed by atoms with Crippen molar-refractivity contribution in [2.45, 2.75) is 24.9 Å². The van der Waals surface area contributed by atoms with E-state index in [1.54, 1.807) is 42.5 Å². The van der Waals surface area contributed by atoms with Crippen molar-refractivity contribution < 1.29 is 24.3 Å². The Labute approximate surface area is 194 Å². The predicted octanol–water partition coefficient (Wildman–Crippen LogP) is 0.315. The van der Waals surface area contributed by atoms with E-state index < -0.39 is 30.5 Å². The van der Waals surface area contributed by atoms with Crippen molar-refractivity contribution in [1.82, 2.24) is 20.0 Å². The van der Waals surface area contributed by atoms with Gasteiger partial charge in [0, 0.05) is 28.6 Å². The van der Waals surface area contributed by atoms with E-state index in [9.17, 15) is 24.3 Å². The molecule has 174 valence electrons. The summed E-state index contributed by atoms with van der Waals surface area (Å²) in [5.74, 6) is -1.68. The number of rotatable bonds is 5. The van der Waals surface area contributed by atoms with Gasteiger partial charge in [0.05, 0.1) is 24.4 Å². The third kappa shape index (κ3) is 3.30. The van der Waals surface area contributed by atoms with Crippen LogP contribution in [-0.2, 0) is 9.59 Å². The minimum atomic E-state index is -1.29. The van der Waals surface area contributed by atoms with Crippen molar-refractivity contribution in [2.24, 2.45) is 5.73 Å². The van der Waals surface area contributed by atoms with Gasteiger partial charge in [-0.3, -0.25) is 19.2 Å². The van der Waals surface area contributed by atoms with Gasteiger partial charge in [-0.1, -0.05) is 36.4 Å². The molecule has 1 unspecified atom stereocenters. The van der Waals surface area contributed by atoms with Crippen LogP contribution in [0.1, 0.15) is 33.6 Å². The molecule has 1 aromatic heterocycles. The highest BCUT2D eigenvalue weighted by Crippen LogP contribution is 2.39. The summed E-state index contributed by atoms with van der Waals surface area (Å²) in [5.41, 5.74) is 7.80. The SMILES string of the molecule is NCC(=O)N1CCCC1C(=O)N[C@@H](CO)C(=O)n1nc2cccc3c2c1-c1ccccc1C3=O. The summed E-state index contributed by atoms with van der Waals surface area (Å²) in [5, 5.41) is 17.5. The van der Waals surface area contributed by atoms with E-state index in [4.69, 9.17) is 5.73 Å². The van der Waals surface area contributed by atoms with E-state index in [2.05, 4.69) is 10.4 Å². The molecule has 1 saturated heterocycles. The maximum absolute atomic E-state index is 13.5. The number of aliphatic hydroxyl groups is 1. The second-order valence-corrected chi connectivity index (χ2v) is 8.37. The monoisotopic (exact) mass is 461 g/mol. The van der Waals surface area contributed by atoms with Crippen molar-refractivity contribution in [1.29, 1.82) is 0 Å². The van der Waals surface area contributed by atoms with Crippen molar-refractivity contribution in [3.05, 3.63) is 53.6 Å². The summed E-state index contributed by atoms with van der Waals surface area (Å²) < 4.78 is 1.15. The quantitative estimate of drug-likeness (QED) is 0.388. The molecule has 2 heterocycles. The molecule has 1 aliphatic carbocycles.